The summed E-state index contributed by atoms with van der Waals surface area (Å²) in [5.41, 5.74) is -0.832. The van der Waals surface area contributed by atoms with Crippen molar-refractivity contribution in [1.82, 2.24) is 15.6 Å². The average molecular weight is 420 g/mol. The number of rotatable bonds is 5. The number of aromatic nitrogens is 1. The third kappa shape index (κ3) is 6.55. The second kappa shape index (κ2) is 9.16. The highest BCUT2D eigenvalue weighted by molar-refractivity contribution is 14.0. The Balaban J connectivity index is 0.00000361. The van der Waals surface area contributed by atoms with Gasteiger partial charge in [-0.25, -0.2) is 4.98 Å². The van der Waals surface area contributed by atoms with Crippen molar-refractivity contribution in [2.75, 3.05) is 20.1 Å². The van der Waals surface area contributed by atoms with Crippen molar-refractivity contribution in [1.29, 1.82) is 0 Å². The van der Waals surface area contributed by atoms with Crippen LogP contribution in [-0.4, -0.2) is 31.1 Å². The van der Waals surface area contributed by atoms with Gasteiger partial charge in [0.25, 0.3) is 0 Å². The summed E-state index contributed by atoms with van der Waals surface area (Å²) in [4.78, 5) is 7.49. The fourth-order valence-corrected chi connectivity index (χ4v) is 2.04. The molecule has 0 aliphatic carbocycles. The molecule has 1 rings (SSSR count). The molecule has 0 amide bonds. The van der Waals surface area contributed by atoms with Gasteiger partial charge in [0.2, 0.25) is 0 Å². The van der Waals surface area contributed by atoms with Crippen molar-refractivity contribution in [3.63, 3.8) is 0 Å². The Morgan fingerprint density at radius 3 is 2.70 bits per heavy atom. The largest absolute Gasteiger partial charge is 0.434 e. The molecule has 1 aromatic heterocycles. The Hall–Kier alpha value is -0.840. The van der Waals surface area contributed by atoms with Crippen molar-refractivity contribution >= 4 is 41.3 Å². The molecule has 0 unspecified atom stereocenters. The van der Waals surface area contributed by atoms with Gasteiger partial charge in [-0.3, -0.25) is 4.99 Å². The Kier molecular flexibility index (Phi) is 8.78. The van der Waals surface area contributed by atoms with Gasteiger partial charge in [0.05, 0.1) is 5.01 Å². The summed E-state index contributed by atoms with van der Waals surface area (Å²) in [6, 6.07) is 0. The molecular weight excluding hydrogens is 404 g/mol. The molecule has 2 N–H and O–H groups in total. The van der Waals surface area contributed by atoms with E-state index in [1.807, 2.05) is 0 Å². The summed E-state index contributed by atoms with van der Waals surface area (Å²) in [5.74, 6) is 0.576. The number of nitrogens with one attached hydrogen (secondary N) is 2. The van der Waals surface area contributed by atoms with E-state index in [1.165, 1.54) is 0 Å². The minimum atomic E-state index is -4.37. The van der Waals surface area contributed by atoms with Crippen LogP contribution in [0.15, 0.2) is 23.0 Å². The van der Waals surface area contributed by atoms with Gasteiger partial charge < -0.3 is 10.6 Å². The Bertz CT molecular complexity index is 445. The summed E-state index contributed by atoms with van der Waals surface area (Å²) in [6.45, 7) is 4.58. The maximum atomic E-state index is 12.3. The summed E-state index contributed by atoms with van der Waals surface area (Å²) < 4.78 is 37.0. The molecule has 0 atom stereocenters. The molecule has 0 bridgehead atoms. The van der Waals surface area contributed by atoms with E-state index in [4.69, 9.17) is 0 Å². The van der Waals surface area contributed by atoms with Gasteiger partial charge in [0.1, 0.15) is 0 Å². The normalized spacial score (nSPS) is 11.7. The van der Waals surface area contributed by atoms with Crippen LogP contribution in [0.5, 0.6) is 0 Å². The van der Waals surface area contributed by atoms with Crippen molar-refractivity contribution in [2.45, 2.75) is 12.6 Å². The van der Waals surface area contributed by atoms with E-state index < -0.39 is 11.9 Å². The molecule has 4 nitrogen and oxygen atoms in total. The third-order valence-electron chi connectivity index (χ3n) is 2.11. The summed E-state index contributed by atoms with van der Waals surface area (Å²) in [5, 5.41) is 7.41. The standard InChI is InChI=1S/C11H15F3N4S.HI/c1-3-5-16-10(15-2)17-6-4-9-18-8(7-19-9)11(12,13)14;/h3,7H,1,4-6H2,2H3,(H2,15,16,17);1H. The number of hydrogen-bond donors (Lipinski definition) is 2. The monoisotopic (exact) mass is 420 g/mol. The highest BCUT2D eigenvalue weighted by atomic mass is 127. The van der Waals surface area contributed by atoms with E-state index in [-0.39, 0.29) is 24.0 Å². The molecule has 1 aromatic rings. The van der Waals surface area contributed by atoms with Crippen LogP contribution in [0.4, 0.5) is 13.2 Å². The predicted octanol–water partition coefficient (Wildman–Crippen LogP) is 2.67. The predicted molar refractivity (Wildman–Crippen MR) is 85.8 cm³/mol. The van der Waals surface area contributed by atoms with Crippen LogP contribution in [0.1, 0.15) is 10.7 Å². The number of thiazole rings is 1. The topological polar surface area (TPSA) is 49.3 Å². The zero-order chi connectivity index (χ0) is 14.3. The summed E-state index contributed by atoms with van der Waals surface area (Å²) in [6.07, 6.45) is -2.28. The lowest BCUT2D eigenvalue weighted by Gasteiger charge is -2.09. The molecule has 0 spiro atoms. The van der Waals surface area contributed by atoms with Gasteiger partial charge in [-0.1, -0.05) is 6.08 Å². The second-order valence-electron chi connectivity index (χ2n) is 3.54. The summed E-state index contributed by atoms with van der Waals surface area (Å²) >= 11 is 1.01. The van der Waals surface area contributed by atoms with Gasteiger partial charge in [-0.05, 0) is 0 Å². The number of nitrogens with zero attached hydrogens (tertiary/aromatic N) is 2. The van der Waals surface area contributed by atoms with Gasteiger partial charge >= 0.3 is 6.18 Å². The Morgan fingerprint density at radius 1 is 1.50 bits per heavy atom. The van der Waals surface area contributed by atoms with E-state index >= 15 is 0 Å². The Morgan fingerprint density at radius 2 is 2.20 bits per heavy atom. The first-order valence-corrected chi connectivity index (χ1v) is 6.42. The number of halogens is 4. The molecular formula is C11H16F3IN4S. The SMILES string of the molecule is C=CCNC(=NC)NCCc1nc(C(F)(F)F)cs1.I. The van der Waals surface area contributed by atoms with Crippen molar-refractivity contribution < 1.29 is 13.2 Å². The van der Waals surface area contributed by atoms with Crippen LogP contribution >= 0.6 is 35.3 Å². The van der Waals surface area contributed by atoms with Crippen LogP contribution in [0, 0.1) is 0 Å². The second-order valence-corrected chi connectivity index (χ2v) is 4.49. The van der Waals surface area contributed by atoms with Gasteiger partial charge in [-0.15, -0.1) is 41.9 Å². The molecule has 0 fully saturated rings. The van der Waals surface area contributed by atoms with Crippen molar-refractivity contribution in [3.05, 3.63) is 28.7 Å². The van der Waals surface area contributed by atoms with Crippen LogP contribution in [0.3, 0.4) is 0 Å². The molecule has 0 aromatic carbocycles. The van der Waals surface area contributed by atoms with E-state index in [2.05, 4.69) is 27.2 Å². The first kappa shape index (κ1) is 19.2. The molecule has 0 saturated carbocycles. The van der Waals surface area contributed by atoms with Crippen molar-refractivity contribution in [3.8, 4) is 0 Å². The van der Waals surface area contributed by atoms with Crippen LogP contribution in [0.25, 0.3) is 0 Å². The fourth-order valence-electron chi connectivity index (χ4n) is 1.23. The van der Waals surface area contributed by atoms with E-state index in [0.29, 0.717) is 30.5 Å². The first-order chi connectivity index (χ1) is 8.97. The molecule has 0 saturated heterocycles. The van der Waals surface area contributed by atoms with Gasteiger partial charge in [0, 0.05) is 31.9 Å². The highest BCUT2D eigenvalue weighted by Crippen LogP contribution is 2.29. The highest BCUT2D eigenvalue weighted by Gasteiger charge is 2.33. The molecule has 0 aliphatic rings. The molecule has 9 heteroatoms. The molecule has 0 radical (unpaired) electrons. The number of aliphatic imine (C=N–C) groups is 1. The number of alkyl halides is 3. The lowest BCUT2D eigenvalue weighted by Crippen LogP contribution is -2.38. The molecule has 1 heterocycles. The quantitative estimate of drug-likeness (QED) is 0.334. The smallest absolute Gasteiger partial charge is 0.356 e. The number of hydrogen-bond acceptors (Lipinski definition) is 3. The Labute approximate surface area is 136 Å². The maximum absolute atomic E-state index is 12.3. The van der Waals surface area contributed by atoms with Crippen molar-refractivity contribution in [2.24, 2.45) is 4.99 Å². The average Bonchev–Trinajstić information content (AvgIpc) is 2.82. The van der Waals surface area contributed by atoms with Gasteiger partial charge in [0.15, 0.2) is 11.7 Å². The van der Waals surface area contributed by atoms with Crippen LogP contribution in [0.2, 0.25) is 0 Å². The van der Waals surface area contributed by atoms with Crippen LogP contribution < -0.4 is 10.6 Å². The molecule has 0 aliphatic heterocycles. The maximum Gasteiger partial charge on any atom is 0.434 e. The fraction of sp³-hybridized carbons (Fsp3) is 0.455. The lowest BCUT2D eigenvalue weighted by molar-refractivity contribution is -0.140. The van der Waals surface area contributed by atoms with Crippen LogP contribution in [-0.2, 0) is 12.6 Å². The minimum absolute atomic E-state index is 0. The zero-order valence-corrected chi connectivity index (χ0v) is 14.0. The minimum Gasteiger partial charge on any atom is -0.356 e. The molecule has 114 valence electrons. The van der Waals surface area contributed by atoms with E-state index in [0.717, 1.165) is 16.7 Å². The first-order valence-electron chi connectivity index (χ1n) is 5.54. The third-order valence-corrected chi connectivity index (χ3v) is 3.02. The zero-order valence-electron chi connectivity index (χ0n) is 10.8. The lowest BCUT2D eigenvalue weighted by atomic mass is 10.4. The summed E-state index contributed by atoms with van der Waals surface area (Å²) in [7, 11) is 1.61. The van der Waals surface area contributed by atoms with E-state index in [1.54, 1.807) is 13.1 Å². The number of guanidine groups is 1. The molecule has 20 heavy (non-hydrogen) atoms. The van der Waals surface area contributed by atoms with Gasteiger partial charge in [-0.2, -0.15) is 13.2 Å². The van der Waals surface area contributed by atoms with E-state index in [9.17, 15) is 13.2 Å².